The molecule has 1 aromatic heterocycles. The number of carbonyl (C=O) groups excluding carboxylic acids is 1. The van der Waals surface area contributed by atoms with Gasteiger partial charge in [-0.15, -0.1) is 0 Å². The minimum atomic E-state index is -6.72. The van der Waals surface area contributed by atoms with Crippen LogP contribution in [0.3, 0.4) is 0 Å². The Kier molecular flexibility index (Phi) is 11.5. The van der Waals surface area contributed by atoms with E-state index in [1.807, 2.05) is 6.07 Å². The summed E-state index contributed by atoms with van der Waals surface area (Å²) in [5.41, 5.74) is -10.8. The van der Waals surface area contributed by atoms with E-state index in [1.165, 1.54) is 18.4 Å². The maximum Gasteiger partial charge on any atom is 0.480 e. The van der Waals surface area contributed by atoms with E-state index < -0.39 is 31.1 Å². The highest BCUT2D eigenvalue weighted by Gasteiger charge is 2.46. The fourth-order valence-corrected chi connectivity index (χ4v) is 3.51. The maximum atomic E-state index is 11.4. The van der Waals surface area contributed by atoms with Crippen molar-refractivity contribution in [3.05, 3.63) is 46.4 Å². The molecule has 0 aliphatic heterocycles. The van der Waals surface area contributed by atoms with Crippen LogP contribution in [0.4, 0.5) is 26.3 Å². The van der Waals surface area contributed by atoms with Gasteiger partial charge in [0.25, 0.3) is 0 Å². The Morgan fingerprint density at radius 1 is 1.09 bits per heavy atom. The Morgan fingerprint density at radius 3 is 2.03 bits per heavy atom. The molecular formula is C17H22F6N2O6S2. The van der Waals surface area contributed by atoms with Crippen molar-refractivity contribution < 1.29 is 57.3 Å². The second-order valence-electron chi connectivity index (χ2n) is 6.39. The first-order chi connectivity index (χ1) is 14.8. The minimum Gasteiger partial charge on any atom is -0.462 e. The number of aryl methyl sites for hydroxylation is 1. The van der Waals surface area contributed by atoms with Crippen LogP contribution in [0.5, 0.6) is 0 Å². The number of pyridine rings is 1. The Hall–Kier alpha value is -2.20. The highest BCUT2D eigenvalue weighted by Crippen LogP contribution is 2.36. The van der Waals surface area contributed by atoms with Gasteiger partial charge < -0.3 is 8.86 Å². The summed E-state index contributed by atoms with van der Waals surface area (Å²) in [6.45, 7) is 8.83. The molecule has 0 fully saturated rings. The summed E-state index contributed by atoms with van der Waals surface area (Å²) < 4.78 is 116. The van der Waals surface area contributed by atoms with Crippen LogP contribution in [0.2, 0.25) is 0 Å². The van der Waals surface area contributed by atoms with Crippen molar-refractivity contribution in [1.82, 2.24) is 0 Å². The van der Waals surface area contributed by atoms with E-state index in [0.29, 0.717) is 12.2 Å². The number of carbonyl (C=O) groups is 1. The molecule has 0 unspecified atom stereocenters. The predicted octanol–water partition coefficient (Wildman–Crippen LogP) is 3.50. The number of ether oxygens (including phenoxy) is 1. The Balaban J connectivity index is 0.000000633. The molecule has 1 rings (SSSR count). The third-order valence-corrected chi connectivity index (χ3v) is 6.18. The van der Waals surface area contributed by atoms with E-state index >= 15 is 0 Å². The standard InChI is InChI=1S/C15H22NO2.C2F6NO4S2/c1-4-5-9-16-10-6-7-14(12-16)8-11-18-15(17)13(2)3;3-1(4,5)14(10,11)9-15(12,13)2(6,7)8/h6-7,10,12H,2,4-5,8-9,11H2,1,3H3;/q+1;-1. The molecule has 0 aliphatic carbocycles. The molecule has 33 heavy (non-hydrogen) atoms. The Morgan fingerprint density at radius 2 is 1.61 bits per heavy atom. The molecule has 0 saturated heterocycles. The van der Waals surface area contributed by atoms with Crippen LogP contribution in [0, 0.1) is 0 Å². The second kappa shape index (κ2) is 12.3. The largest absolute Gasteiger partial charge is 0.480 e. The lowest BCUT2D eigenvalue weighted by atomic mass is 10.2. The first kappa shape index (κ1) is 30.8. The van der Waals surface area contributed by atoms with Crippen molar-refractivity contribution in [2.24, 2.45) is 0 Å². The number of rotatable bonds is 9. The maximum absolute atomic E-state index is 11.4. The van der Waals surface area contributed by atoms with Gasteiger partial charge in [0.1, 0.15) is 6.54 Å². The van der Waals surface area contributed by atoms with Gasteiger partial charge in [0.2, 0.25) is 0 Å². The zero-order valence-corrected chi connectivity index (χ0v) is 19.1. The third kappa shape index (κ3) is 11.0. The van der Waals surface area contributed by atoms with Gasteiger partial charge >= 0.3 is 17.0 Å². The minimum absolute atomic E-state index is 0.315. The van der Waals surface area contributed by atoms with Crippen LogP contribution in [-0.2, 0) is 42.5 Å². The fraction of sp³-hybridized carbons (Fsp3) is 0.529. The van der Waals surface area contributed by atoms with Gasteiger partial charge in [-0.05, 0) is 13.0 Å². The van der Waals surface area contributed by atoms with Crippen LogP contribution in [0.25, 0.3) is 4.13 Å². The number of sulfonamides is 2. The summed E-state index contributed by atoms with van der Waals surface area (Å²) in [5.74, 6) is -0.315. The van der Waals surface area contributed by atoms with Crippen LogP contribution >= 0.6 is 0 Å². The summed E-state index contributed by atoms with van der Waals surface area (Å²) in [6.07, 6.45) is 7.29. The number of esters is 1. The molecule has 0 N–H and O–H groups in total. The molecule has 0 bridgehead atoms. The van der Waals surface area contributed by atoms with Gasteiger partial charge in [-0.25, -0.2) is 26.2 Å². The average molecular weight is 528 g/mol. The molecule has 16 heteroatoms. The van der Waals surface area contributed by atoms with Gasteiger partial charge in [-0.2, -0.15) is 26.3 Å². The summed E-state index contributed by atoms with van der Waals surface area (Å²) in [5, 5.41) is 0. The number of halogens is 6. The van der Waals surface area contributed by atoms with Crippen LogP contribution in [0.1, 0.15) is 32.3 Å². The normalized spacial score (nSPS) is 12.5. The summed E-state index contributed by atoms with van der Waals surface area (Å²) in [4.78, 5) is 11.2. The van der Waals surface area contributed by atoms with E-state index in [4.69, 9.17) is 4.74 Å². The van der Waals surface area contributed by atoms with Gasteiger partial charge in [0.15, 0.2) is 32.4 Å². The summed E-state index contributed by atoms with van der Waals surface area (Å²) in [7, 11) is -13.4. The first-order valence-electron chi connectivity index (χ1n) is 9.01. The highest BCUT2D eigenvalue weighted by molar-refractivity contribution is 8.13. The average Bonchev–Trinajstić information content (AvgIpc) is 2.64. The smallest absolute Gasteiger partial charge is 0.462 e. The Bertz CT molecular complexity index is 979. The van der Waals surface area contributed by atoms with E-state index in [1.54, 1.807) is 6.92 Å². The SMILES string of the molecule is C=C(C)C(=O)OCCc1ccc[n+](CCCC)c1.O=S(=O)([N-]S(=O)(=O)C(F)(F)F)C(F)(F)F. The van der Waals surface area contributed by atoms with Crippen molar-refractivity contribution in [1.29, 1.82) is 0 Å². The number of nitrogens with zero attached hydrogens (tertiary/aromatic N) is 2. The van der Waals surface area contributed by atoms with Crippen molar-refractivity contribution in [2.45, 2.75) is 50.7 Å². The van der Waals surface area contributed by atoms with Crippen LogP contribution in [-0.4, -0.2) is 40.4 Å². The van der Waals surface area contributed by atoms with Gasteiger partial charge in [0, 0.05) is 30.0 Å². The lowest BCUT2D eigenvalue weighted by Crippen LogP contribution is -2.33. The molecule has 1 aromatic rings. The molecule has 0 radical (unpaired) electrons. The van der Waals surface area contributed by atoms with Crippen molar-refractivity contribution in [2.75, 3.05) is 6.61 Å². The third-order valence-electron chi connectivity index (χ3n) is 3.44. The van der Waals surface area contributed by atoms with E-state index in [-0.39, 0.29) is 5.97 Å². The van der Waals surface area contributed by atoms with Crippen LogP contribution < -0.4 is 4.57 Å². The second-order valence-corrected chi connectivity index (χ2v) is 9.81. The first-order valence-corrected chi connectivity index (χ1v) is 11.9. The molecule has 0 spiro atoms. The fourth-order valence-electron chi connectivity index (χ4n) is 1.80. The molecule has 0 amide bonds. The number of alkyl halides is 6. The molecule has 190 valence electrons. The molecule has 8 nitrogen and oxygen atoms in total. The molecule has 1 heterocycles. The van der Waals surface area contributed by atoms with E-state index in [2.05, 4.69) is 36.5 Å². The van der Waals surface area contributed by atoms with Gasteiger partial charge in [-0.3, -0.25) is 0 Å². The molecule has 0 aromatic carbocycles. The summed E-state index contributed by atoms with van der Waals surface area (Å²) in [6, 6.07) is 4.09. The topological polar surface area (TPSA) is 113 Å². The molecule has 0 atom stereocenters. The van der Waals surface area contributed by atoms with E-state index in [9.17, 15) is 48.0 Å². The van der Waals surface area contributed by atoms with Gasteiger partial charge in [0.05, 0.1) is 6.61 Å². The van der Waals surface area contributed by atoms with Crippen molar-refractivity contribution in [3.8, 4) is 0 Å². The highest BCUT2D eigenvalue weighted by atomic mass is 32.3. The molecule has 0 aliphatic rings. The number of aromatic nitrogens is 1. The zero-order chi connectivity index (χ0) is 26.1. The lowest BCUT2D eigenvalue weighted by Gasteiger charge is -2.22. The zero-order valence-electron chi connectivity index (χ0n) is 17.5. The lowest BCUT2D eigenvalue weighted by molar-refractivity contribution is -0.697. The quantitative estimate of drug-likeness (QED) is 0.210. The number of hydrogen-bond donors (Lipinski definition) is 0. The summed E-state index contributed by atoms with van der Waals surface area (Å²) >= 11 is 0. The Labute approximate surface area is 187 Å². The van der Waals surface area contributed by atoms with Gasteiger partial charge in [-0.1, -0.05) is 19.9 Å². The number of unbranched alkanes of at least 4 members (excludes halogenated alkanes) is 1. The van der Waals surface area contributed by atoms with E-state index in [0.717, 1.165) is 17.1 Å². The molecular weight excluding hydrogens is 506 g/mol. The van der Waals surface area contributed by atoms with Crippen LogP contribution in [0.15, 0.2) is 36.7 Å². The predicted molar refractivity (Wildman–Crippen MR) is 104 cm³/mol. The monoisotopic (exact) mass is 528 g/mol. The van der Waals surface area contributed by atoms with Crippen molar-refractivity contribution in [3.63, 3.8) is 0 Å². The number of hydrogen-bond acceptors (Lipinski definition) is 6. The van der Waals surface area contributed by atoms with Crippen molar-refractivity contribution >= 4 is 26.0 Å². The molecule has 0 saturated carbocycles.